The van der Waals surface area contributed by atoms with Crippen LogP contribution >= 0.6 is 0 Å². The highest BCUT2D eigenvalue weighted by molar-refractivity contribution is 7.91. The van der Waals surface area contributed by atoms with E-state index < -0.39 is 21.7 Å². The second-order valence-electron chi connectivity index (χ2n) is 5.43. The molecule has 0 spiro atoms. The molecule has 7 heteroatoms. The van der Waals surface area contributed by atoms with Crippen LogP contribution < -0.4 is 10.9 Å². The zero-order valence-corrected chi connectivity index (χ0v) is 14.7. The highest BCUT2D eigenvalue weighted by Crippen LogP contribution is 2.11. The van der Waals surface area contributed by atoms with Crippen LogP contribution in [0.3, 0.4) is 0 Å². The van der Waals surface area contributed by atoms with E-state index >= 15 is 0 Å². The first-order valence-electron chi connectivity index (χ1n) is 7.88. The van der Waals surface area contributed by atoms with Gasteiger partial charge in [-0.25, -0.2) is 8.42 Å². The van der Waals surface area contributed by atoms with Gasteiger partial charge in [0.1, 0.15) is 0 Å². The van der Waals surface area contributed by atoms with Crippen molar-refractivity contribution in [2.45, 2.75) is 24.7 Å². The molecule has 2 aromatic rings. The van der Waals surface area contributed by atoms with Gasteiger partial charge in [0, 0.05) is 12.0 Å². The van der Waals surface area contributed by atoms with Crippen LogP contribution in [0.2, 0.25) is 0 Å². The maximum atomic E-state index is 12.1. The number of carbonyl (C=O) groups is 2. The van der Waals surface area contributed by atoms with Gasteiger partial charge in [-0.15, -0.1) is 0 Å². The van der Waals surface area contributed by atoms with Crippen molar-refractivity contribution >= 4 is 21.7 Å². The van der Waals surface area contributed by atoms with Crippen molar-refractivity contribution in [3.05, 3.63) is 65.7 Å². The van der Waals surface area contributed by atoms with Gasteiger partial charge in [0.25, 0.3) is 5.91 Å². The number of hydrogen-bond acceptors (Lipinski definition) is 4. The number of sulfone groups is 1. The molecule has 0 saturated heterocycles. The van der Waals surface area contributed by atoms with E-state index in [1.54, 1.807) is 30.3 Å². The zero-order valence-electron chi connectivity index (χ0n) is 13.9. The average molecular weight is 360 g/mol. The molecule has 0 aliphatic heterocycles. The second kappa shape index (κ2) is 8.43. The molecule has 0 saturated carbocycles. The molecule has 2 rings (SSSR count). The predicted octanol–water partition coefficient (Wildman–Crippen LogP) is 1.87. The number of hydrazine groups is 1. The summed E-state index contributed by atoms with van der Waals surface area (Å²) in [5.74, 6) is -1.36. The van der Waals surface area contributed by atoms with Gasteiger partial charge in [0.05, 0.1) is 10.6 Å². The lowest BCUT2D eigenvalue weighted by Crippen LogP contribution is -2.42. The third-order valence-corrected chi connectivity index (χ3v) is 5.37. The van der Waals surface area contributed by atoms with E-state index in [0.717, 1.165) is 12.0 Å². The lowest BCUT2D eigenvalue weighted by molar-refractivity contribution is -0.121. The van der Waals surface area contributed by atoms with Crippen LogP contribution in [0.25, 0.3) is 0 Å². The van der Waals surface area contributed by atoms with Gasteiger partial charge in [-0.2, -0.15) is 0 Å². The van der Waals surface area contributed by atoms with Crippen LogP contribution in [0.1, 0.15) is 29.3 Å². The Bertz CT molecular complexity index is 831. The number of nitrogens with one attached hydrogen (secondary N) is 2. The fourth-order valence-corrected chi connectivity index (χ4v) is 3.39. The van der Waals surface area contributed by atoms with Crippen molar-refractivity contribution in [3.63, 3.8) is 0 Å². The number of rotatable bonds is 6. The molecule has 0 fully saturated rings. The topological polar surface area (TPSA) is 92.3 Å². The summed E-state index contributed by atoms with van der Waals surface area (Å²) in [6.45, 7) is 2.01. The van der Waals surface area contributed by atoms with Gasteiger partial charge in [0.15, 0.2) is 9.84 Å². The van der Waals surface area contributed by atoms with Gasteiger partial charge in [-0.1, -0.05) is 37.3 Å². The molecule has 0 heterocycles. The molecule has 0 atom stereocenters. The standard InChI is InChI=1S/C18H20N2O4S/c1-2-14-8-10-15(11-9-14)18(22)20-19-17(21)12-13-25(23,24)16-6-4-3-5-7-16/h3-11H,2,12-13H2,1H3,(H,19,21)(H,20,22). The molecule has 2 N–H and O–H groups in total. The summed E-state index contributed by atoms with van der Waals surface area (Å²) in [6.07, 6.45) is 0.626. The first-order valence-corrected chi connectivity index (χ1v) is 9.53. The minimum absolute atomic E-state index is 0.169. The number of aryl methyl sites for hydroxylation is 1. The van der Waals surface area contributed by atoms with Gasteiger partial charge in [-0.05, 0) is 36.2 Å². The maximum absolute atomic E-state index is 12.1. The summed E-state index contributed by atoms with van der Waals surface area (Å²) < 4.78 is 24.2. The fourth-order valence-electron chi connectivity index (χ4n) is 2.13. The van der Waals surface area contributed by atoms with Crippen molar-refractivity contribution in [3.8, 4) is 0 Å². The van der Waals surface area contributed by atoms with Gasteiger partial charge in [-0.3, -0.25) is 20.4 Å². The van der Waals surface area contributed by atoms with Crippen LogP contribution in [0.5, 0.6) is 0 Å². The molecule has 25 heavy (non-hydrogen) atoms. The molecule has 2 aromatic carbocycles. The molecule has 0 radical (unpaired) electrons. The SMILES string of the molecule is CCc1ccc(C(=O)NNC(=O)CCS(=O)(=O)c2ccccc2)cc1. The van der Waals surface area contributed by atoms with Gasteiger partial charge >= 0.3 is 0 Å². The van der Waals surface area contributed by atoms with Crippen molar-refractivity contribution in [1.29, 1.82) is 0 Å². The summed E-state index contributed by atoms with van der Waals surface area (Å²) >= 11 is 0. The quantitative estimate of drug-likeness (QED) is 0.769. The summed E-state index contributed by atoms with van der Waals surface area (Å²) in [6, 6.07) is 14.9. The van der Waals surface area contributed by atoms with E-state index in [-0.39, 0.29) is 17.1 Å². The molecular formula is C18H20N2O4S. The fraction of sp³-hybridized carbons (Fsp3) is 0.222. The molecule has 0 bridgehead atoms. The molecule has 0 aromatic heterocycles. The van der Waals surface area contributed by atoms with E-state index in [1.807, 2.05) is 19.1 Å². The Morgan fingerprint density at radius 1 is 0.920 bits per heavy atom. The predicted molar refractivity (Wildman–Crippen MR) is 94.5 cm³/mol. The molecular weight excluding hydrogens is 340 g/mol. The van der Waals surface area contributed by atoms with Crippen molar-refractivity contribution < 1.29 is 18.0 Å². The van der Waals surface area contributed by atoms with E-state index in [4.69, 9.17) is 0 Å². The molecule has 132 valence electrons. The van der Waals surface area contributed by atoms with Crippen LogP contribution in [-0.4, -0.2) is 26.0 Å². The number of amides is 2. The minimum Gasteiger partial charge on any atom is -0.273 e. The number of carbonyl (C=O) groups excluding carboxylic acids is 2. The second-order valence-corrected chi connectivity index (χ2v) is 7.54. The Kier molecular flexibility index (Phi) is 6.30. The van der Waals surface area contributed by atoms with E-state index in [0.29, 0.717) is 5.56 Å². The summed E-state index contributed by atoms with van der Waals surface area (Å²) in [7, 11) is -3.53. The van der Waals surface area contributed by atoms with E-state index in [1.165, 1.54) is 12.1 Å². The van der Waals surface area contributed by atoms with Gasteiger partial charge < -0.3 is 0 Å². The molecule has 6 nitrogen and oxygen atoms in total. The first-order chi connectivity index (χ1) is 11.9. The number of benzene rings is 2. The van der Waals surface area contributed by atoms with Crippen LogP contribution in [0, 0.1) is 0 Å². The van der Waals surface area contributed by atoms with E-state index in [9.17, 15) is 18.0 Å². The minimum atomic E-state index is -3.53. The first kappa shape index (κ1) is 18.7. The normalized spacial score (nSPS) is 10.9. The summed E-state index contributed by atoms with van der Waals surface area (Å²) in [5, 5.41) is 0. The third kappa shape index (κ3) is 5.42. The van der Waals surface area contributed by atoms with E-state index in [2.05, 4.69) is 10.9 Å². The third-order valence-electron chi connectivity index (χ3n) is 3.64. The summed E-state index contributed by atoms with van der Waals surface area (Å²) in [5.41, 5.74) is 6.02. The maximum Gasteiger partial charge on any atom is 0.269 e. The lowest BCUT2D eigenvalue weighted by atomic mass is 10.1. The molecule has 2 amide bonds. The monoisotopic (exact) mass is 360 g/mol. The van der Waals surface area contributed by atoms with Crippen LogP contribution in [-0.2, 0) is 21.1 Å². The highest BCUT2D eigenvalue weighted by atomic mass is 32.2. The van der Waals surface area contributed by atoms with Gasteiger partial charge in [0.2, 0.25) is 5.91 Å². The summed E-state index contributed by atoms with van der Waals surface area (Å²) in [4.78, 5) is 23.9. The van der Waals surface area contributed by atoms with Crippen molar-refractivity contribution in [1.82, 2.24) is 10.9 Å². The van der Waals surface area contributed by atoms with Crippen LogP contribution in [0.15, 0.2) is 59.5 Å². The molecule has 0 aliphatic rings. The zero-order chi connectivity index (χ0) is 18.3. The van der Waals surface area contributed by atoms with Crippen molar-refractivity contribution in [2.24, 2.45) is 0 Å². The Labute approximate surface area is 147 Å². The molecule has 0 aliphatic carbocycles. The lowest BCUT2D eigenvalue weighted by Gasteiger charge is -2.08. The number of hydrogen-bond donors (Lipinski definition) is 2. The average Bonchev–Trinajstić information content (AvgIpc) is 2.65. The Hall–Kier alpha value is -2.67. The van der Waals surface area contributed by atoms with Crippen LogP contribution in [0.4, 0.5) is 0 Å². The van der Waals surface area contributed by atoms with Crippen molar-refractivity contribution in [2.75, 3.05) is 5.75 Å². The Morgan fingerprint density at radius 2 is 1.56 bits per heavy atom. The highest BCUT2D eigenvalue weighted by Gasteiger charge is 2.16. The smallest absolute Gasteiger partial charge is 0.269 e. The Morgan fingerprint density at radius 3 is 2.16 bits per heavy atom. The molecule has 0 unspecified atom stereocenters. The largest absolute Gasteiger partial charge is 0.273 e. The Balaban J connectivity index is 1.83.